The average Bonchev–Trinajstić information content (AvgIpc) is 3.33. The maximum absolute atomic E-state index is 13.5. The Morgan fingerprint density at radius 3 is 2.50 bits per heavy atom. The number of carbonyl (C=O) groups excluding carboxylic acids is 3. The standard InChI is InChI=1S/C26H37NO8Si/c1-25(2,3)36(5,6)35-19-13-20-26(17(22(19)29)12-21(28)34-26)14-18(23(30)32-4)27(20)24(31)33-15-16-10-8-7-9-11-16/h7-11,17-20,22,29H,12-15H2,1-6H3/t17-,18+,19-,20?,22+,26-/m1/s1. The number of aliphatic hydroxyl groups is 1. The summed E-state index contributed by atoms with van der Waals surface area (Å²) < 4.78 is 23.1. The van der Waals surface area contributed by atoms with Crippen molar-refractivity contribution in [3.05, 3.63) is 35.9 Å². The van der Waals surface area contributed by atoms with E-state index in [0.29, 0.717) is 0 Å². The van der Waals surface area contributed by atoms with Crippen LogP contribution in [0.5, 0.6) is 0 Å². The number of esters is 2. The first-order valence-corrected chi connectivity index (χ1v) is 15.4. The summed E-state index contributed by atoms with van der Waals surface area (Å²) in [5, 5.41) is 11.3. The fourth-order valence-corrected chi connectivity index (χ4v) is 6.92. The first-order chi connectivity index (χ1) is 16.8. The molecule has 10 heteroatoms. The summed E-state index contributed by atoms with van der Waals surface area (Å²) in [6, 6.07) is 7.54. The zero-order valence-electron chi connectivity index (χ0n) is 21.9. The van der Waals surface area contributed by atoms with Gasteiger partial charge in [0.15, 0.2) is 8.32 Å². The Balaban J connectivity index is 1.68. The maximum Gasteiger partial charge on any atom is 0.411 e. The summed E-state index contributed by atoms with van der Waals surface area (Å²) >= 11 is 0. The summed E-state index contributed by atoms with van der Waals surface area (Å²) in [6.45, 7) is 10.5. The minimum Gasteiger partial charge on any atom is -0.467 e. The van der Waals surface area contributed by atoms with Crippen molar-refractivity contribution in [1.82, 2.24) is 4.90 Å². The fraction of sp³-hybridized carbons (Fsp3) is 0.654. The quantitative estimate of drug-likeness (QED) is 0.358. The Morgan fingerprint density at radius 1 is 1.22 bits per heavy atom. The second-order valence-corrected chi connectivity index (χ2v) is 16.3. The van der Waals surface area contributed by atoms with Gasteiger partial charge in [0.2, 0.25) is 0 Å². The molecule has 2 aliphatic heterocycles. The average molecular weight is 520 g/mol. The molecule has 1 unspecified atom stereocenters. The number of benzene rings is 1. The van der Waals surface area contributed by atoms with Gasteiger partial charge in [0.1, 0.15) is 18.2 Å². The monoisotopic (exact) mass is 519 g/mol. The molecule has 36 heavy (non-hydrogen) atoms. The van der Waals surface area contributed by atoms with Crippen molar-refractivity contribution in [3.8, 4) is 0 Å². The van der Waals surface area contributed by atoms with Crippen molar-refractivity contribution in [2.75, 3.05) is 7.11 Å². The molecule has 0 aromatic heterocycles. The summed E-state index contributed by atoms with van der Waals surface area (Å²) in [4.78, 5) is 40.2. The van der Waals surface area contributed by atoms with Crippen LogP contribution in [0.1, 0.15) is 45.6 Å². The summed E-state index contributed by atoms with van der Waals surface area (Å²) in [6.07, 6.45) is -2.03. The fourth-order valence-electron chi connectivity index (χ4n) is 5.57. The van der Waals surface area contributed by atoms with Crippen LogP contribution in [-0.4, -0.2) is 73.4 Å². The number of ether oxygens (including phenoxy) is 3. The molecule has 198 valence electrons. The largest absolute Gasteiger partial charge is 0.467 e. The number of nitrogens with zero attached hydrogens (tertiary/aromatic N) is 1. The summed E-state index contributed by atoms with van der Waals surface area (Å²) in [5.74, 6) is -1.69. The number of aliphatic hydroxyl groups excluding tert-OH is 1. The molecule has 1 spiro atoms. The lowest BCUT2D eigenvalue weighted by Gasteiger charge is -2.49. The van der Waals surface area contributed by atoms with Gasteiger partial charge in [0.25, 0.3) is 0 Å². The number of carbonyl (C=O) groups is 3. The maximum atomic E-state index is 13.5. The molecule has 3 aliphatic rings. The van der Waals surface area contributed by atoms with E-state index in [4.69, 9.17) is 18.6 Å². The van der Waals surface area contributed by atoms with Gasteiger partial charge in [-0.1, -0.05) is 51.1 Å². The third kappa shape index (κ3) is 4.54. The van der Waals surface area contributed by atoms with Gasteiger partial charge in [0.05, 0.1) is 31.8 Å². The van der Waals surface area contributed by atoms with E-state index in [1.165, 1.54) is 12.0 Å². The van der Waals surface area contributed by atoms with E-state index in [-0.39, 0.29) is 30.9 Å². The van der Waals surface area contributed by atoms with Crippen LogP contribution in [0.2, 0.25) is 18.1 Å². The lowest BCUT2D eigenvalue weighted by atomic mass is 9.69. The highest BCUT2D eigenvalue weighted by molar-refractivity contribution is 6.74. The zero-order valence-corrected chi connectivity index (χ0v) is 22.9. The molecule has 1 aliphatic carbocycles. The van der Waals surface area contributed by atoms with E-state index in [9.17, 15) is 19.5 Å². The van der Waals surface area contributed by atoms with Gasteiger partial charge in [-0.15, -0.1) is 0 Å². The van der Waals surface area contributed by atoms with Gasteiger partial charge >= 0.3 is 18.0 Å². The molecule has 0 radical (unpaired) electrons. The summed E-state index contributed by atoms with van der Waals surface area (Å²) in [7, 11) is -1.05. The second kappa shape index (κ2) is 9.46. The van der Waals surface area contributed by atoms with Gasteiger partial charge in [-0.2, -0.15) is 0 Å². The molecule has 2 saturated heterocycles. The Hall–Kier alpha value is -2.43. The Labute approximate surface area is 213 Å². The van der Waals surface area contributed by atoms with E-state index < -0.39 is 62.2 Å². The first-order valence-electron chi connectivity index (χ1n) is 12.5. The highest BCUT2D eigenvalue weighted by atomic mass is 28.4. The molecular weight excluding hydrogens is 482 g/mol. The molecule has 1 aromatic carbocycles. The predicted octanol–water partition coefficient (Wildman–Crippen LogP) is 3.40. The molecule has 2 heterocycles. The molecule has 3 fully saturated rings. The van der Waals surface area contributed by atoms with Gasteiger partial charge < -0.3 is 23.7 Å². The number of likely N-dealkylation sites (tertiary alicyclic amines) is 1. The van der Waals surface area contributed by atoms with Gasteiger partial charge in [-0.3, -0.25) is 9.69 Å². The molecule has 9 nitrogen and oxygen atoms in total. The van der Waals surface area contributed by atoms with Crippen molar-refractivity contribution >= 4 is 26.3 Å². The van der Waals surface area contributed by atoms with Gasteiger partial charge in [0, 0.05) is 12.3 Å². The van der Waals surface area contributed by atoms with Crippen LogP contribution in [0.4, 0.5) is 4.79 Å². The van der Waals surface area contributed by atoms with Crippen molar-refractivity contribution in [2.45, 2.75) is 94.7 Å². The van der Waals surface area contributed by atoms with Crippen LogP contribution in [0, 0.1) is 5.92 Å². The number of rotatable bonds is 5. The van der Waals surface area contributed by atoms with Crippen LogP contribution >= 0.6 is 0 Å². The third-order valence-electron chi connectivity index (χ3n) is 8.46. The summed E-state index contributed by atoms with van der Waals surface area (Å²) in [5.41, 5.74) is -0.397. The molecule has 4 rings (SSSR count). The van der Waals surface area contributed by atoms with E-state index >= 15 is 0 Å². The number of methoxy groups -OCH3 is 1. The van der Waals surface area contributed by atoms with Crippen LogP contribution in [-0.2, 0) is 34.8 Å². The van der Waals surface area contributed by atoms with E-state index in [0.717, 1.165) is 5.56 Å². The zero-order chi connectivity index (χ0) is 26.5. The Morgan fingerprint density at radius 2 is 1.89 bits per heavy atom. The van der Waals surface area contributed by atoms with E-state index in [2.05, 4.69) is 33.9 Å². The molecule has 1 amide bonds. The van der Waals surface area contributed by atoms with E-state index in [1.54, 1.807) is 0 Å². The third-order valence-corrected chi connectivity index (χ3v) is 13.0. The van der Waals surface area contributed by atoms with Crippen molar-refractivity contribution in [1.29, 1.82) is 0 Å². The van der Waals surface area contributed by atoms with Gasteiger partial charge in [-0.25, -0.2) is 9.59 Å². The second-order valence-electron chi connectivity index (χ2n) is 11.6. The van der Waals surface area contributed by atoms with Crippen LogP contribution in [0.3, 0.4) is 0 Å². The highest BCUT2D eigenvalue weighted by Gasteiger charge is 2.70. The lowest BCUT2D eigenvalue weighted by molar-refractivity contribution is -0.165. The molecule has 6 atom stereocenters. The number of hydrogen-bond acceptors (Lipinski definition) is 8. The number of amides is 1. The molecule has 0 bridgehead atoms. The smallest absolute Gasteiger partial charge is 0.411 e. The van der Waals surface area contributed by atoms with Crippen molar-refractivity contribution in [3.63, 3.8) is 0 Å². The topological polar surface area (TPSA) is 112 Å². The minimum absolute atomic E-state index is 0.00414. The highest BCUT2D eigenvalue weighted by Crippen LogP contribution is 2.55. The van der Waals surface area contributed by atoms with Crippen molar-refractivity contribution in [2.24, 2.45) is 5.92 Å². The first kappa shape index (κ1) is 26.6. The van der Waals surface area contributed by atoms with E-state index in [1.807, 2.05) is 30.3 Å². The molecular formula is C26H37NO8Si. The Kier molecular flexibility index (Phi) is 7.00. The predicted molar refractivity (Wildman–Crippen MR) is 132 cm³/mol. The SMILES string of the molecule is COC(=O)[C@@H]1C[C@@]23OC(=O)C[C@@H]2[C@H](O)[C@H](O[Si](C)(C)C(C)(C)C)CC3N1C(=O)OCc1ccccc1. The van der Waals surface area contributed by atoms with Crippen LogP contribution in [0.15, 0.2) is 30.3 Å². The molecule has 1 aromatic rings. The van der Waals surface area contributed by atoms with Crippen molar-refractivity contribution < 1.29 is 38.1 Å². The van der Waals surface area contributed by atoms with Crippen LogP contribution < -0.4 is 0 Å². The Bertz CT molecular complexity index is 1010. The normalized spacial score (nSPS) is 31.9. The lowest BCUT2D eigenvalue weighted by Crippen LogP contribution is -2.63. The molecule has 1 N–H and O–H groups in total. The molecule has 1 saturated carbocycles. The van der Waals surface area contributed by atoms with Crippen LogP contribution in [0.25, 0.3) is 0 Å². The number of hydrogen-bond donors (Lipinski definition) is 1. The minimum atomic E-state index is -2.31. The van der Waals surface area contributed by atoms with Gasteiger partial charge in [-0.05, 0) is 30.1 Å².